The number of hydrogen-bond acceptors (Lipinski definition) is 2. The van der Waals surface area contributed by atoms with Crippen molar-refractivity contribution in [3.05, 3.63) is 0 Å². The van der Waals surface area contributed by atoms with Gasteiger partial charge in [-0.1, -0.05) is 6.42 Å². The van der Waals surface area contributed by atoms with Gasteiger partial charge >= 0.3 is 0 Å². The van der Waals surface area contributed by atoms with Crippen LogP contribution in [0, 0.1) is 0 Å². The molecule has 2 fully saturated rings. The van der Waals surface area contributed by atoms with Crippen LogP contribution in [0.15, 0.2) is 0 Å². The first kappa shape index (κ1) is 8.02. The minimum absolute atomic E-state index is 0. The van der Waals surface area contributed by atoms with Gasteiger partial charge < -0.3 is 11.1 Å². The molecule has 0 aromatic heterocycles. The van der Waals surface area contributed by atoms with Crippen LogP contribution in [0.3, 0.4) is 0 Å². The van der Waals surface area contributed by atoms with Crippen LogP contribution in [0.4, 0.5) is 0 Å². The van der Waals surface area contributed by atoms with Gasteiger partial charge in [-0.05, 0) is 32.7 Å². The van der Waals surface area contributed by atoms with Crippen molar-refractivity contribution < 1.29 is 0 Å². The SMILES string of the molecule is CN1[C@@H]2CCC[C@H]1CC2.N. The van der Waals surface area contributed by atoms with Crippen LogP contribution in [0.25, 0.3) is 0 Å². The monoisotopic (exact) mass is 142 g/mol. The van der Waals surface area contributed by atoms with E-state index in [0.717, 1.165) is 12.1 Å². The average Bonchev–Trinajstić information content (AvgIpc) is 2.19. The minimum Gasteiger partial charge on any atom is -0.344 e. The molecule has 2 heteroatoms. The van der Waals surface area contributed by atoms with Crippen LogP contribution in [-0.4, -0.2) is 24.0 Å². The Morgan fingerprint density at radius 3 is 1.90 bits per heavy atom. The van der Waals surface area contributed by atoms with Crippen LogP contribution < -0.4 is 6.15 Å². The van der Waals surface area contributed by atoms with E-state index in [-0.39, 0.29) is 6.15 Å². The predicted molar refractivity (Wildman–Crippen MR) is 43.4 cm³/mol. The van der Waals surface area contributed by atoms with E-state index in [1.54, 1.807) is 0 Å². The van der Waals surface area contributed by atoms with Gasteiger partial charge in [-0.2, -0.15) is 0 Å². The molecule has 2 nitrogen and oxygen atoms in total. The molecule has 2 bridgehead atoms. The quantitative estimate of drug-likeness (QED) is 0.560. The molecule has 0 aliphatic carbocycles. The lowest BCUT2D eigenvalue weighted by Crippen LogP contribution is -2.35. The molecule has 0 radical (unpaired) electrons. The van der Waals surface area contributed by atoms with E-state index in [9.17, 15) is 0 Å². The Bertz CT molecular complexity index is 97.8. The molecule has 0 aromatic carbocycles. The second-order valence-electron chi connectivity index (χ2n) is 3.48. The van der Waals surface area contributed by atoms with E-state index in [1.807, 2.05) is 0 Å². The molecule has 2 aliphatic heterocycles. The molecule has 10 heavy (non-hydrogen) atoms. The van der Waals surface area contributed by atoms with E-state index >= 15 is 0 Å². The van der Waals surface area contributed by atoms with Crippen molar-refractivity contribution in [2.45, 2.75) is 44.2 Å². The first-order chi connectivity index (χ1) is 4.38. The number of hydrogen-bond donors (Lipinski definition) is 1. The largest absolute Gasteiger partial charge is 0.344 e. The van der Waals surface area contributed by atoms with Crippen molar-refractivity contribution >= 4 is 0 Å². The number of nitrogens with zero attached hydrogens (tertiary/aromatic N) is 1. The maximum atomic E-state index is 2.59. The molecule has 3 N–H and O–H groups in total. The van der Waals surface area contributed by atoms with Gasteiger partial charge in [-0.15, -0.1) is 0 Å². The zero-order valence-corrected chi connectivity index (χ0v) is 6.84. The third-order valence-electron chi connectivity index (χ3n) is 3.06. The van der Waals surface area contributed by atoms with E-state index in [4.69, 9.17) is 0 Å². The molecular formula is C8H18N2. The topological polar surface area (TPSA) is 38.2 Å². The standard InChI is InChI=1S/C8H15N.H3N/c1-9-7-3-2-4-8(9)6-5-7;/h7-8H,2-6H2,1H3;1H3/t7-,8+;. The Balaban J connectivity index is 0.000000500. The smallest absolute Gasteiger partial charge is 0.00957 e. The Morgan fingerprint density at radius 1 is 1.00 bits per heavy atom. The first-order valence-electron chi connectivity index (χ1n) is 4.10. The molecule has 0 unspecified atom stereocenters. The summed E-state index contributed by atoms with van der Waals surface area (Å²) in [5.74, 6) is 0. The highest BCUT2D eigenvalue weighted by Crippen LogP contribution is 2.33. The van der Waals surface area contributed by atoms with Gasteiger partial charge in [0.15, 0.2) is 0 Å². The predicted octanol–water partition coefficient (Wildman–Crippen LogP) is 1.80. The summed E-state index contributed by atoms with van der Waals surface area (Å²) in [6.07, 6.45) is 7.36. The second kappa shape index (κ2) is 2.89. The van der Waals surface area contributed by atoms with Crippen LogP contribution in [-0.2, 0) is 0 Å². The molecule has 0 amide bonds. The summed E-state index contributed by atoms with van der Waals surface area (Å²) >= 11 is 0. The molecule has 2 atom stereocenters. The molecule has 0 saturated carbocycles. The zero-order valence-electron chi connectivity index (χ0n) is 6.84. The summed E-state index contributed by atoms with van der Waals surface area (Å²) < 4.78 is 0. The van der Waals surface area contributed by atoms with Crippen molar-refractivity contribution in [2.24, 2.45) is 0 Å². The van der Waals surface area contributed by atoms with Gasteiger partial charge in [-0.3, -0.25) is 0 Å². The molecule has 2 saturated heterocycles. The van der Waals surface area contributed by atoms with Gasteiger partial charge in [0.1, 0.15) is 0 Å². The third kappa shape index (κ3) is 1.06. The lowest BCUT2D eigenvalue weighted by Gasteiger charge is -2.30. The van der Waals surface area contributed by atoms with Crippen LogP contribution in [0.2, 0.25) is 0 Å². The van der Waals surface area contributed by atoms with Crippen molar-refractivity contribution in [1.82, 2.24) is 11.1 Å². The molecule has 2 heterocycles. The summed E-state index contributed by atoms with van der Waals surface area (Å²) in [5, 5.41) is 0. The van der Waals surface area contributed by atoms with E-state index in [1.165, 1.54) is 32.1 Å². The Hall–Kier alpha value is -0.0800. The molecule has 60 valence electrons. The molecule has 2 aliphatic rings. The summed E-state index contributed by atoms with van der Waals surface area (Å²) in [4.78, 5) is 2.59. The van der Waals surface area contributed by atoms with E-state index in [2.05, 4.69) is 11.9 Å². The fourth-order valence-electron chi connectivity index (χ4n) is 2.38. The highest BCUT2D eigenvalue weighted by atomic mass is 15.2. The lowest BCUT2D eigenvalue weighted by atomic mass is 10.0. The summed E-state index contributed by atoms with van der Waals surface area (Å²) in [6.45, 7) is 0. The summed E-state index contributed by atoms with van der Waals surface area (Å²) in [5.41, 5.74) is 0. The summed E-state index contributed by atoms with van der Waals surface area (Å²) in [7, 11) is 2.29. The van der Waals surface area contributed by atoms with Crippen LogP contribution >= 0.6 is 0 Å². The Morgan fingerprint density at radius 2 is 1.50 bits per heavy atom. The minimum atomic E-state index is 0. The third-order valence-corrected chi connectivity index (χ3v) is 3.06. The van der Waals surface area contributed by atoms with E-state index < -0.39 is 0 Å². The number of piperidine rings is 1. The Kier molecular flexibility index (Phi) is 2.32. The second-order valence-corrected chi connectivity index (χ2v) is 3.48. The van der Waals surface area contributed by atoms with Gasteiger partial charge in [0.05, 0.1) is 0 Å². The van der Waals surface area contributed by atoms with Gasteiger partial charge in [0, 0.05) is 12.1 Å². The van der Waals surface area contributed by atoms with Crippen LogP contribution in [0.1, 0.15) is 32.1 Å². The maximum Gasteiger partial charge on any atom is 0.00957 e. The van der Waals surface area contributed by atoms with Crippen molar-refractivity contribution in [1.29, 1.82) is 0 Å². The lowest BCUT2D eigenvalue weighted by molar-refractivity contribution is 0.179. The van der Waals surface area contributed by atoms with Crippen molar-refractivity contribution in [3.8, 4) is 0 Å². The van der Waals surface area contributed by atoms with E-state index in [0.29, 0.717) is 0 Å². The Labute approximate surface area is 63.2 Å². The van der Waals surface area contributed by atoms with Gasteiger partial charge in [0.25, 0.3) is 0 Å². The van der Waals surface area contributed by atoms with Gasteiger partial charge in [0.2, 0.25) is 0 Å². The molecule has 0 spiro atoms. The summed E-state index contributed by atoms with van der Waals surface area (Å²) in [6, 6.07) is 1.92. The van der Waals surface area contributed by atoms with Gasteiger partial charge in [-0.25, -0.2) is 0 Å². The maximum absolute atomic E-state index is 2.59. The van der Waals surface area contributed by atoms with Crippen molar-refractivity contribution in [2.75, 3.05) is 7.05 Å². The first-order valence-corrected chi connectivity index (χ1v) is 4.10. The number of fused-ring (bicyclic) bond motifs is 2. The molecule has 2 rings (SSSR count). The number of rotatable bonds is 0. The normalized spacial score (nSPS) is 39.3. The zero-order chi connectivity index (χ0) is 6.27. The molecular weight excluding hydrogens is 124 g/mol. The fourth-order valence-corrected chi connectivity index (χ4v) is 2.38. The highest BCUT2D eigenvalue weighted by molar-refractivity contribution is 4.89. The fraction of sp³-hybridized carbons (Fsp3) is 1.00. The average molecular weight is 142 g/mol. The molecule has 0 aromatic rings. The highest BCUT2D eigenvalue weighted by Gasteiger charge is 2.33. The van der Waals surface area contributed by atoms with Crippen molar-refractivity contribution in [3.63, 3.8) is 0 Å². The van der Waals surface area contributed by atoms with Crippen LogP contribution in [0.5, 0.6) is 0 Å².